The summed E-state index contributed by atoms with van der Waals surface area (Å²) in [5, 5.41) is 3.48. The van der Waals surface area contributed by atoms with E-state index in [-0.39, 0.29) is 5.54 Å². The van der Waals surface area contributed by atoms with Crippen LogP contribution in [0.25, 0.3) is 0 Å². The van der Waals surface area contributed by atoms with Crippen molar-refractivity contribution in [3.05, 3.63) is 0 Å². The van der Waals surface area contributed by atoms with Crippen molar-refractivity contribution in [2.75, 3.05) is 13.1 Å². The van der Waals surface area contributed by atoms with Crippen LogP contribution in [0.1, 0.15) is 46.5 Å². The molecule has 1 saturated carbocycles. The summed E-state index contributed by atoms with van der Waals surface area (Å²) in [7, 11) is 0. The largest absolute Gasteiger partial charge is 0.324 e. The van der Waals surface area contributed by atoms with Crippen LogP contribution in [-0.4, -0.2) is 18.6 Å². The molecular formula is C11H24N2. The molecule has 1 rings (SSSR count). The maximum atomic E-state index is 5.90. The molecule has 0 saturated heterocycles. The van der Waals surface area contributed by atoms with Gasteiger partial charge in [-0.05, 0) is 32.1 Å². The van der Waals surface area contributed by atoms with Crippen LogP contribution in [0.5, 0.6) is 0 Å². The quantitative estimate of drug-likeness (QED) is 0.700. The highest BCUT2D eigenvalue weighted by Gasteiger charge is 2.28. The molecule has 0 atom stereocenters. The third kappa shape index (κ3) is 4.10. The Morgan fingerprint density at radius 1 is 1.31 bits per heavy atom. The van der Waals surface area contributed by atoms with Gasteiger partial charge in [0, 0.05) is 18.6 Å². The second kappa shape index (κ2) is 3.97. The molecule has 2 nitrogen and oxygen atoms in total. The number of rotatable bonds is 4. The minimum Gasteiger partial charge on any atom is -0.324 e. The number of hydrogen-bond donors (Lipinski definition) is 2. The maximum absolute atomic E-state index is 5.90. The van der Waals surface area contributed by atoms with E-state index in [2.05, 4.69) is 26.1 Å². The van der Waals surface area contributed by atoms with Gasteiger partial charge in [0.2, 0.25) is 0 Å². The standard InChI is InChI=1S/C11H24N2/c1-10(2,12)8-13-9-11(3)6-4-5-7-11/h13H,4-9,12H2,1-3H3. The smallest absolute Gasteiger partial charge is 0.0223 e. The molecule has 3 N–H and O–H groups in total. The van der Waals surface area contributed by atoms with Gasteiger partial charge in [0.25, 0.3) is 0 Å². The van der Waals surface area contributed by atoms with Crippen LogP contribution in [0.3, 0.4) is 0 Å². The fraction of sp³-hybridized carbons (Fsp3) is 1.00. The molecule has 0 aromatic carbocycles. The summed E-state index contributed by atoms with van der Waals surface area (Å²) in [5.41, 5.74) is 6.37. The average molecular weight is 184 g/mol. The third-order valence-corrected chi connectivity index (χ3v) is 2.94. The van der Waals surface area contributed by atoms with E-state index in [1.54, 1.807) is 0 Å². The Hall–Kier alpha value is -0.0800. The molecule has 0 unspecified atom stereocenters. The molecule has 0 aromatic heterocycles. The molecule has 1 aliphatic carbocycles. The summed E-state index contributed by atoms with van der Waals surface area (Å²) in [5.74, 6) is 0. The maximum Gasteiger partial charge on any atom is 0.0223 e. The Bertz CT molecular complexity index is 152. The van der Waals surface area contributed by atoms with Gasteiger partial charge < -0.3 is 11.1 Å². The van der Waals surface area contributed by atoms with Crippen molar-refractivity contribution in [3.63, 3.8) is 0 Å². The highest BCUT2D eigenvalue weighted by molar-refractivity contribution is 4.84. The topological polar surface area (TPSA) is 38.0 Å². The summed E-state index contributed by atoms with van der Waals surface area (Å²) in [4.78, 5) is 0. The Morgan fingerprint density at radius 2 is 1.85 bits per heavy atom. The van der Waals surface area contributed by atoms with Crippen molar-refractivity contribution in [1.82, 2.24) is 5.32 Å². The van der Waals surface area contributed by atoms with Crippen LogP contribution in [0.2, 0.25) is 0 Å². The van der Waals surface area contributed by atoms with E-state index in [0.29, 0.717) is 5.41 Å². The van der Waals surface area contributed by atoms with E-state index in [1.807, 2.05) is 0 Å². The molecular weight excluding hydrogens is 160 g/mol. The Balaban J connectivity index is 2.18. The highest BCUT2D eigenvalue weighted by atomic mass is 14.9. The zero-order chi connectivity index (χ0) is 9.95. The van der Waals surface area contributed by atoms with E-state index in [1.165, 1.54) is 25.7 Å². The molecule has 0 amide bonds. The van der Waals surface area contributed by atoms with Gasteiger partial charge in [-0.1, -0.05) is 19.8 Å². The van der Waals surface area contributed by atoms with Gasteiger partial charge in [-0.25, -0.2) is 0 Å². The van der Waals surface area contributed by atoms with Crippen LogP contribution in [0, 0.1) is 5.41 Å². The predicted octanol–water partition coefficient (Wildman–Crippen LogP) is 1.89. The first-order valence-corrected chi connectivity index (χ1v) is 5.41. The van der Waals surface area contributed by atoms with Gasteiger partial charge >= 0.3 is 0 Å². The van der Waals surface area contributed by atoms with Crippen LogP contribution in [-0.2, 0) is 0 Å². The lowest BCUT2D eigenvalue weighted by Crippen LogP contribution is -2.45. The van der Waals surface area contributed by atoms with Gasteiger partial charge in [0.1, 0.15) is 0 Å². The Labute approximate surface area is 82.3 Å². The number of nitrogens with one attached hydrogen (secondary N) is 1. The third-order valence-electron chi connectivity index (χ3n) is 2.94. The molecule has 0 aromatic rings. The SMILES string of the molecule is CC(C)(N)CNCC1(C)CCCC1. The van der Waals surface area contributed by atoms with E-state index in [4.69, 9.17) is 5.73 Å². The molecule has 78 valence electrons. The molecule has 0 bridgehead atoms. The molecule has 13 heavy (non-hydrogen) atoms. The van der Waals surface area contributed by atoms with Crippen molar-refractivity contribution >= 4 is 0 Å². The van der Waals surface area contributed by atoms with Crippen molar-refractivity contribution in [2.45, 2.75) is 52.0 Å². The van der Waals surface area contributed by atoms with Crippen LogP contribution in [0.4, 0.5) is 0 Å². The van der Waals surface area contributed by atoms with E-state index >= 15 is 0 Å². The van der Waals surface area contributed by atoms with E-state index < -0.39 is 0 Å². The van der Waals surface area contributed by atoms with E-state index in [9.17, 15) is 0 Å². The predicted molar refractivity (Wildman–Crippen MR) is 57.7 cm³/mol. The number of nitrogens with two attached hydrogens (primary N) is 1. The molecule has 0 radical (unpaired) electrons. The highest BCUT2D eigenvalue weighted by Crippen LogP contribution is 2.36. The average Bonchev–Trinajstić information content (AvgIpc) is 2.33. The normalized spacial score (nSPS) is 22.2. The second-order valence-electron chi connectivity index (χ2n) is 5.61. The van der Waals surface area contributed by atoms with Gasteiger partial charge in [0.15, 0.2) is 0 Å². The van der Waals surface area contributed by atoms with Crippen molar-refractivity contribution in [2.24, 2.45) is 11.1 Å². The van der Waals surface area contributed by atoms with Gasteiger partial charge in [0.05, 0.1) is 0 Å². The fourth-order valence-corrected chi connectivity index (χ4v) is 2.09. The summed E-state index contributed by atoms with van der Waals surface area (Å²) in [6.07, 6.45) is 5.57. The minimum atomic E-state index is -0.0744. The lowest BCUT2D eigenvalue weighted by molar-refractivity contribution is 0.302. The van der Waals surface area contributed by atoms with Crippen molar-refractivity contribution in [3.8, 4) is 0 Å². The first-order chi connectivity index (χ1) is 5.91. The van der Waals surface area contributed by atoms with Crippen LogP contribution >= 0.6 is 0 Å². The molecule has 0 aliphatic heterocycles. The fourth-order valence-electron chi connectivity index (χ4n) is 2.09. The minimum absolute atomic E-state index is 0.0744. The summed E-state index contributed by atoms with van der Waals surface area (Å²) in [6, 6.07) is 0. The Morgan fingerprint density at radius 3 is 2.31 bits per heavy atom. The first kappa shape index (κ1) is 11.0. The van der Waals surface area contributed by atoms with Gasteiger partial charge in [-0.2, -0.15) is 0 Å². The van der Waals surface area contributed by atoms with Gasteiger partial charge in [-0.15, -0.1) is 0 Å². The lowest BCUT2D eigenvalue weighted by Gasteiger charge is -2.27. The summed E-state index contributed by atoms with van der Waals surface area (Å²) >= 11 is 0. The lowest BCUT2D eigenvalue weighted by atomic mass is 9.88. The Kier molecular flexibility index (Phi) is 3.36. The molecule has 1 fully saturated rings. The van der Waals surface area contributed by atoms with Crippen LogP contribution in [0.15, 0.2) is 0 Å². The molecule has 1 aliphatic rings. The summed E-state index contributed by atoms with van der Waals surface area (Å²) < 4.78 is 0. The number of hydrogen-bond acceptors (Lipinski definition) is 2. The monoisotopic (exact) mass is 184 g/mol. The van der Waals surface area contributed by atoms with Crippen molar-refractivity contribution in [1.29, 1.82) is 0 Å². The van der Waals surface area contributed by atoms with E-state index in [0.717, 1.165) is 13.1 Å². The first-order valence-electron chi connectivity index (χ1n) is 5.41. The summed E-state index contributed by atoms with van der Waals surface area (Å²) in [6.45, 7) is 8.57. The molecule has 2 heteroatoms. The van der Waals surface area contributed by atoms with Gasteiger partial charge in [-0.3, -0.25) is 0 Å². The zero-order valence-corrected chi connectivity index (χ0v) is 9.32. The zero-order valence-electron chi connectivity index (χ0n) is 9.32. The van der Waals surface area contributed by atoms with Crippen molar-refractivity contribution < 1.29 is 0 Å². The second-order valence-corrected chi connectivity index (χ2v) is 5.61. The molecule has 0 heterocycles. The molecule has 0 spiro atoms. The van der Waals surface area contributed by atoms with Crippen LogP contribution < -0.4 is 11.1 Å².